The summed E-state index contributed by atoms with van der Waals surface area (Å²) in [6, 6.07) is 5.15. The van der Waals surface area contributed by atoms with Gasteiger partial charge in [-0.15, -0.1) is 0 Å². The monoisotopic (exact) mass is 658 g/mol. The molecule has 2 N–H and O–H groups in total. The summed E-state index contributed by atoms with van der Waals surface area (Å²) in [7, 11) is 1.27. The van der Waals surface area contributed by atoms with E-state index in [1.54, 1.807) is 5.32 Å². The molecular weight excluding hydrogens is 641 g/mol. The molecule has 2 fully saturated rings. The fourth-order valence-corrected chi connectivity index (χ4v) is 7.24. The number of carbonyl (C=O) groups excluding carboxylic acids is 3. The van der Waals surface area contributed by atoms with Crippen molar-refractivity contribution in [1.82, 2.24) is 10.2 Å². The fraction of sp³-hybridized carbons (Fsp3) is 0.400. The highest BCUT2D eigenvalue weighted by atomic mass is 35.5. The van der Waals surface area contributed by atoms with E-state index in [9.17, 15) is 27.6 Å². The normalized spacial score (nSPS) is 26.6. The third kappa shape index (κ3) is 5.01. The number of alkyl halides is 5. The van der Waals surface area contributed by atoms with Crippen molar-refractivity contribution in [3.05, 3.63) is 56.0 Å². The first-order valence-electron chi connectivity index (χ1n) is 12.0. The molecule has 7 nitrogen and oxygen atoms in total. The molecule has 16 heteroatoms. The van der Waals surface area contributed by atoms with Gasteiger partial charge in [-0.2, -0.15) is 13.2 Å². The van der Waals surface area contributed by atoms with Crippen molar-refractivity contribution in [2.75, 3.05) is 30.4 Å². The molecule has 3 aliphatic rings. The van der Waals surface area contributed by atoms with Crippen molar-refractivity contribution in [2.24, 2.45) is 11.8 Å². The van der Waals surface area contributed by atoms with Crippen LogP contribution in [-0.2, 0) is 19.9 Å². The van der Waals surface area contributed by atoms with Gasteiger partial charge in [0.05, 0.1) is 29.1 Å². The molecule has 0 unspecified atom stereocenters. The lowest BCUT2D eigenvalue weighted by Gasteiger charge is -2.37. The molecule has 0 aromatic heterocycles. The number of hydrogen-bond acceptors (Lipinski definition) is 4. The van der Waals surface area contributed by atoms with Gasteiger partial charge >= 0.3 is 6.18 Å². The predicted octanol–water partition coefficient (Wildman–Crippen LogP) is 5.74. The van der Waals surface area contributed by atoms with Crippen LogP contribution < -0.4 is 15.5 Å². The number of halogens is 9. The second-order valence-corrected chi connectivity index (χ2v) is 11.9. The first kappa shape index (κ1) is 30.1. The first-order valence-corrected chi connectivity index (χ1v) is 13.5. The zero-order chi connectivity index (χ0) is 30.2. The van der Waals surface area contributed by atoms with Gasteiger partial charge in [-0.05, 0) is 30.3 Å². The van der Waals surface area contributed by atoms with Crippen LogP contribution in [0, 0.1) is 11.8 Å². The summed E-state index contributed by atoms with van der Waals surface area (Å²) in [5.74, 6) is -10.3. The number of hydrogen-bond donors (Lipinski definition) is 2. The Morgan fingerprint density at radius 3 is 2.29 bits per heavy atom. The van der Waals surface area contributed by atoms with E-state index in [0.717, 1.165) is 9.80 Å². The molecule has 2 saturated heterocycles. The maximum absolute atomic E-state index is 15.0. The summed E-state index contributed by atoms with van der Waals surface area (Å²) in [6.07, 6.45) is -5.80. The number of nitrogens with zero attached hydrogens (tertiary/aromatic N) is 2. The molecule has 0 radical (unpaired) electrons. The molecule has 3 amide bonds. The molecule has 1 spiro atoms. The number of benzene rings is 2. The molecule has 3 aliphatic heterocycles. The maximum Gasteiger partial charge on any atom is 0.405 e. The van der Waals surface area contributed by atoms with Gasteiger partial charge in [0.1, 0.15) is 12.1 Å². The van der Waals surface area contributed by atoms with Gasteiger partial charge in [0.2, 0.25) is 11.8 Å². The van der Waals surface area contributed by atoms with Crippen LogP contribution in [0.1, 0.15) is 12.0 Å². The molecule has 5 rings (SSSR count). The molecule has 3 heterocycles. The van der Waals surface area contributed by atoms with Gasteiger partial charge in [-0.1, -0.05) is 46.4 Å². The van der Waals surface area contributed by atoms with Gasteiger partial charge < -0.3 is 15.5 Å². The van der Waals surface area contributed by atoms with Crippen LogP contribution in [0.2, 0.25) is 20.1 Å². The summed E-state index contributed by atoms with van der Waals surface area (Å²) in [4.78, 5) is 43.6. The van der Waals surface area contributed by atoms with Gasteiger partial charge in [0.15, 0.2) is 0 Å². The minimum atomic E-state index is -4.85. The quantitative estimate of drug-likeness (QED) is 0.410. The number of anilines is 2. The minimum Gasteiger partial charge on any atom is -0.347 e. The van der Waals surface area contributed by atoms with Crippen molar-refractivity contribution in [3.8, 4) is 0 Å². The second-order valence-electron chi connectivity index (χ2n) is 10.1. The molecule has 0 bridgehead atoms. The Labute approximate surface area is 249 Å². The van der Waals surface area contributed by atoms with Crippen LogP contribution in [0.15, 0.2) is 30.3 Å². The van der Waals surface area contributed by atoms with Crippen molar-refractivity contribution < 1.29 is 36.3 Å². The summed E-state index contributed by atoms with van der Waals surface area (Å²) in [5, 5.41) is 4.39. The zero-order valence-electron chi connectivity index (χ0n) is 20.8. The van der Waals surface area contributed by atoms with Crippen LogP contribution in [0.25, 0.3) is 0 Å². The van der Waals surface area contributed by atoms with Crippen LogP contribution >= 0.6 is 46.4 Å². The highest BCUT2D eigenvalue weighted by Gasteiger charge is 2.74. The number of carbonyl (C=O) groups is 3. The number of fused-ring (bicyclic) bond motifs is 4. The summed E-state index contributed by atoms with van der Waals surface area (Å²) in [5.41, 5.74) is -2.36. The smallest absolute Gasteiger partial charge is 0.347 e. The molecule has 220 valence electrons. The lowest BCUT2D eigenvalue weighted by atomic mass is 9.72. The Kier molecular flexibility index (Phi) is 7.42. The molecule has 2 aromatic rings. The lowest BCUT2D eigenvalue weighted by molar-refractivity contribution is -0.148. The number of amides is 3. The van der Waals surface area contributed by atoms with Crippen LogP contribution in [0.4, 0.5) is 33.3 Å². The zero-order valence-corrected chi connectivity index (χ0v) is 23.8. The highest BCUT2D eigenvalue weighted by molar-refractivity contribution is 6.38. The Morgan fingerprint density at radius 1 is 1.07 bits per heavy atom. The average Bonchev–Trinajstić information content (AvgIpc) is 3.41. The second kappa shape index (κ2) is 10.1. The lowest BCUT2D eigenvalue weighted by Crippen LogP contribution is -2.57. The third-order valence-corrected chi connectivity index (χ3v) is 8.59. The van der Waals surface area contributed by atoms with Crippen molar-refractivity contribution in [1.29, 1.82) is 0 Å². The van der Waals surface area contributed by atoms with E-state index in [1.807, 2.05) is 0 Å². The third-order valence-electron chi connectivity index (χ3n) is 7.63. The number of rotatable bonds is 4. The Balaban J connectivity index is 1.72. The largest absolute Gasteiger partial charge is 0.405 e. The van der Waals surface area contributed by atoms with E-state index in [1.165, 1.54) is 37.4 Å². The summed E-state index contributed by atoms with van der Waals surface area (Å²) >= 11 is 24.6. The predicted molar refractivity (Wildman–Crippen MR) is 143 cm³/mol. The van der Waals surface area contributed by atoms with E-state index in [4.69, 9.17) is 46.4 Å². The average molecular weight is 660 g/mol. The molecule has 0 aliphatic carbocycles. The van der Waals surface area contributed by atoms with Crippen LogP contribution in [0.5, 0.6) is 0 Å². The molecule has 2 aromatic carbocycles. The summed E-state index contributed by atoms with van der Waals surface area (Å²) < 4.78 is 69.6. The van der Waals surface area contributed by atoms with Gasteiger partial charge in [0.25, 0.3) is 11.8 Å². The van der Waals surface area contributed by atoms with Crippen molar-refractivity contribution >= 4 is 75.5 Å². The number of nitrogens with one attached hydrogen (secondary N) is 2. The van der Waals surface area contributed by atoms with E-state index >= 15 is 8.78 Å². The van der Waals surface area contributed by atoms with E-state index in [0.29, 0.717) is 0 Å². The standard InChI is InChI=1S/C25H19Cl4F5N4O3/c1-37(13-3-10(26)2-11(27)4-13)21(40)17-16-7-23(30,31)9-38(16)25(18(17)20(39)35-8-24(32,33)34)14-5-12(28)6-15(29)19(14)36-22(25)41/h2-6,16-18H,7-9H2,1H3,(H,35,39)(H,36,41)/t16-,17+,18-,25+/m0/s1. The van der Waals surface area contributed by atoms with Gasteiger partial charge in [-0.3, -0.25) is 19.3 Å². The molecule has 4 atom stereocenters. The minimum absolute atomic E-state index is 0.0259. The van der Waals surface area contributed by atoms with Crippen LogP contribution in [-0.4, -0.2) is 60.9 Å². The van der Waals surface area contributed by atoms with E-state index in [-0.39, 0.29) is 37.0 Å². The highest BCUT2D eigenvalue weighted by Crippen LogP contribution is 2.61. The Hall–Kier alpha value is -2.38. The summed E-state index contributed by atoms with van der Waals surface area (Å²) in [6.45, 7) is -2.85. The Bertz CT molecular complexity index is 1460. The first-order chi connectivity index (χ1) is 19.0. The molecule has 41 heavy (non-hydrogen) atoms. The van der Waals surface area contributed by atoms with E-state index in [2.05, 4.69) is 5.32 Å². The van der Waals surface area contributed by atoms with Crippen LogP contribution in [0.3, 0.4) is 0 Å². The molecule has 0 saturated carbocycles. The van der Waals surface area contributed by atoms with Crippen molar-refractivity contribution in [3.63, 3.8) is 0 Å². The Morgan fingerprint density at radius 2 is 1.68 bits per heavy atom. The molecular formula is C25H19Cl4F5N4O3. The maximum atomic E-state index is 15.0. The van der Waals surface area contributed by atoms with E-state index < -0.39 is 72.7 Å². The topological polar surface area (TPSA) is 81.8 Å². The van der Waals surface area contributed by atoms with Gasteiger partial charge in [0, 0.05) is 45.8 Å². The fourth-order valence-electron chi connectivity index (χ4n) is 6.18. The van der Waals surface area contributed by atoms with Crippen molar-refractivity contribution in [2.45, 2.75) is 30.1 Å². The van der Waals surface area contributed by atoms with Gasteiger partial charge in [-0.25, -0.2) is 8.78 Å². The SMILES string of the molecule is CN(C(=O)[C@H]1[C@@H](C(=O)NCC(F)(F)F)[C@]2(C(=O)Nc3c(Cl)cc(Cl)cc32)N2CC(F)(F)C[C@@H]12)c1cc(Cl)cc(Cl)c1.